The van der Waals surface area contributed by atoms with E-state index in [0.717, 1.165) is 4.90 Å². The van der Waals surface area contributed by atoms with E-state index in [-0.39, 0.29) is 13.1 Å². The van der Waals surface area contributed by atoms with Gasteiger partial charge in [-0.25, -0.2) is 0 Å². The fraction of sp³-hybridized carbons (Fsp3) is 0.875. The first kappa shape index (κ1) is 10.2. The highest BCUT2D eigenvalue weighted by Gasteiger charge is 2.53. The van der Waals surface area contributed by atoms with Gasteiger partial charge in [0.15, 0.2) is 6.19 Å². The molecule has 0 N–H and O–H groups in total. The number of likely N-dealkylation sites (tertiary alicyclic amines) is 1. The summed E-state index contributed by atoms with van der Waals surface area (Å²) in [6.07, 6.45) is -2.44. The third-order valence-corrected chi connectivity index (χ3v) is 2.48. The molecule has 1 saturated heterocycles. The van der Waals surface area contributed by atoms with E-state index in [1.54, 1.807) is 20.0 Å². The Morgan fingerprint density at radius 1 is 1.46 bits per heavy atom. The van der Waals surface area contributed by atoms with Crippen LogP contribution in [0.25, 0.3) is 0 Å². The van der Waals surface area contributed by atoms with Crippen LogP contribution >= 0.6 is 0 Å². The average molecular weight is 192 g/mol. The first-order valence-electron chi connectivity index (χ1n) is 3.99. The summed E-state index contributed by atoms with van der Waals surface area (Å²) < 4.78 is 37.3. The lowest BCUT2D eigenvalue weighted by Crippen LogP contribution is -2.34. The van der Waals surface area contributed by atoms with Gasteiger partial charge >= 0.3 is 6.18 Å². The number of rotatable bonds is 0. The lowest BCUT2D eigenvalue weighted by molar-refractivity contribution is -0.190. The van der Waals surface area contributed by atoms with Gasteiger partial charge in [0.05, 0.1) is 5.92 Å². The Hall–Kier alpha value is -0.920. The Morgan fingerprint density at radius 2 is 2.00 bits per heavy atom. The predicted octanol–water partition coefficient (Wildman–Crippen LogP) is 1.99. The van der Waals surface area contributed by atoms with Crippen molar-refractivity contribution in [3.8, 4) is 6.19 Å². The molecule has 1 heterocycles. The number of hydrogen-bond acceptors (Lipinski definition) is 2. The van der Waals surface area contributed by atoms with Gasteiger partial charge in [0, 0.05) is 13.1 Å². The topological polar surface area (TPSA) is 27.0 Å². The zero-order valence-corrected chi connectivity index (χ0v) is 7.52. The maximum Gasteiger partial charge on any atom is 0.394 e. The predicted molar refractivity (Wildman–Crippen MR) is 40.5 cm³/mol. The van der Waals surface area contributed by atoms with Crippen LogP contribution in [0.2, 0.25) is 0 Å². The van der Waals surface area contributed by atoms with Gasteiger partial charge in [-0.2, -0.15) is 18.4 Å². The molecule has 13 heavy (non-hydrogen) atoms. The molecule has 1 aliphatic rings. The first-order valence-corrected chi connectivity index (χ1v) is 3.99. The maximum atomic E-state index is 12.4. The average Bonchev–Trinajstić information content (AvgIpc) is 2.24. The summed E-state index contributed by atoms with van der Waals surface area (Å²) >= 11 is 0. The summed E-state index contributed by atoms with van der Waals surface area (Å²) in [7, 11) is 0. The molecule has 1 atom stereocenters. The molecule has 0 aliphatic carbocycles. The zero-order chi connectivity index (χ0) is 10.3. The lowest BCUT2D eigenvalue weighted by atomic mass is 9.82. The number of halogens is 3. The molecule has 0 aromatic carbocycles. The van der Waals surface area contributed by atoms with Crippen molar-refractivity contribution in [2.45, 2.75) is 20.0 Å². The molecule has 0 saturated carbocycles. The number of alkyl halides is 3. The highest BCUT2D eigenvalue weighted by atomic mass is 19.4. The molecule has 2 nitrogen and oxygen atoms in total. The number of hydrogen-bond donors (Lipinski definition) is 0. The van der Waals surface area contributed by atoms with Crippen molar-refractivity contribution in [3.63, 3.8) is 0 Å². The second-order valence-corrected chi connectivity index (χ2v) is 4.06. The van der Waals surface area contributed by atoms with Gasteiger partial charge in [-0.05, 0) is 5.41 Å². The molecule has 0 amide bonds. The first-order chi connectivity index (χ1) is 5.77. The molecule has 1 rings (SSSR count). The summed E-state index contributed by atoms with van der Waals surface area (Å²) in [6.45, 7) is 3.08. The van der Waals surface area contributed by atoms with Gasteiger partial charge in [0.25, 0.3) is 0 Å². The third-order valence-electron chi connectivity index (χ3n) is 2.48. The second-order valence-electron chi connectivity index (χ2n) is 4.06. The Kier molecular flexibility index (Phi) is 2.18. The van der Waals surface area contributed by atoms with E-state index in [1.165, 1.54) is 0 Å². The van der Waals surface area contributed by atoms with Crippen molar-refractivity contribution in [3.05, 3.63) is 0 Å². The summed E-state index contributed by atoms with van der Waals surface area (Å²) in [5.74, 6) is -1.39. The minimum atomic E-state index is -4.20. The van der Waals surface area contributed by atoms with Gasteiger partial charge in [0.2, 0.25) is 0 Å². The Balaban J connectivity index is 2.84. The highest BCUT2D eigenvalue weighted by Crippen LogP contribution is 2.44. The van der Waals surface area contributed by atoms with Crippen LogP contribution in [-0.4, -0.2) is 24.2 Å². The molecule has 0 bridgehead atoms. The lowest BCUT2D eigenvalue weighted by Gasteiger charge is -2.26. The van der Waals surface area contributed by atoms with Crippen LogP contribution in [0.15, 0.2) is 0 Å². The molecule has 0 aromatic rings. The van der Waals surface area contributed by atoms with Crippen LogP contribution in [-0.2, 0) is 0 Å². The largest absolute Gasteiger partial charge is 0.394 e. The highest BCUT2D eigenvalue weighted by molar-refractivity contribution is 4.98. The molecular weight excluding hydrogens is 181 g/mol. The standard InChI is InChI=1S/C8H11F3N2/c1-7(2)4-13(5-12)3-6(7)8(9,10)11/h6H,3-4H2,1-2H3/t6-/m1/s1. The van der Waals surface area contributed by atoms with Crippen LogP contribution in [0.4, 0.5) is 13.2 Å². The molecule has 0 aromatic heterocycles. The Labute approximate surface area is 74.9 Å². The fourth-order valence-electron chi connectivity index (χ4n) is 1.76. The molecule has 0 spiro atoms. The number of nitrogens with zero attached hydrogens (tertiary/aromatic N) is 2. The fourth-order valence-corrected chi connectivity index (χ4v) is 1.76. The van der Waals surface area contributed by atoms with E-state index >= 15 is 0 Å². The zero-order valence-electron chi connectivity index (χ0n) is 7.52. The van der Waals surface area contributed by atoms with E-state index in [4.69, 9.17) is 5.26 Å². The van der Waals surface area contributed by atoms with Crippen molar-refractivity contribution < 1.29 is 13.2 Å². The summed E-state index contributed by atoms with van der Waals surface area (Å²) in [6, 6.07) is 0. The molecule has 1 aliphatic heterocycles. The van der Waals surface area contributed by atoms with E-state index in [2.05, 4.69) is 0 Å². The normalized spacial score (nSPS) is 27.4. The maximum absolute atomic E-state index is 12.4. The van der Waals surface area contributed by atoms with Crippen LogP contribution < -0.4 is 0 Å². The van der Waals surface area contributed by atoms with Gasteiger partial charge in [-0.3, -0.25) is 0 Å². The smallest absolute Gasteiger partial charge is 0.309 e. The van der Waals surface area contributed by atoms with Gasteiger partial charge in [-0.15, -0.1) is 0 Å². The van der Waals surface area contributed by atoms with Crippen LogP contribution in [0.3, 0.4) is 0 Å². The van der Waals surface area contributed by atoms with E-state index < -0.39 is 17.5 Å². The summed E-state index contributed by atoms with van der Waals surface area (Å²) in [5.41, 5.74) is -0.853. The van der Waals surface area contributed by atoms with Crippen LogP contribution in [0.5, 0.6) is 0 Å². The van der Waals surface area contributed by atoms with E-state index in [9.17, 15) is 13.2 Å². The van der Waals surface area contributed by atoms with Crippen LogP contribution in [0, 0.1) is 22.8 Å². The van der Waals surface area contributed by atoms with Crippen LogP contribution in [0.1, 0.15) is 13.8 Å². The number of nitriles is 1. The van der Waals surface area contributed by atoms with Gasteiger partial charge < -0.3 is 4.90 Å². The molecule has 1 fully saturated rings. The van der Waals surface area contributed by atoms with Crippen molar-refractivity contribution in [1.29, 1.82) is 5.26 Å². The van der Waals surface area contributed by atoms with Crippen molar-refractivity contribution in [2.75, 3.05) is 13.1 Å². The minimum absolute atomic E-state index is 0.188. The quantitative estimate of drug-likeness (QED) is 0.549. The molecule has 0 unspecified atom stereocenters. The summed E-state index contributed by atoms with van der Waals surface area (Å²) in [4.78, 5) is 1.16. The monoisotopic (exact) mass is 192 g/mol. The van der Waals surface area contributed by atoms with E-state index in [1.807, 2.05) is 0 Å². The Morgan fingerprint density at radius 3 is 2.23 bits per heavy atom. The molecular formula is C8H11F3N2. The van der Waals surface area contributed by atoms with Gasteiger partial charge in [-0.1, -0.05) is 13.8 Å². The molecule has 5 heteroatoms. The SMILES string of the molecule is CC1(C)CN(C#N)C[C@H]1C(F)(F)F. The minimum Gasteiger partial charge on any atom is -0.309 e. The van der Waals surface area contributed by atoms with E-state index in [0.29, 0.717) is 0 Å². The Bertz CT molecular complexity index is 239. The third kappa shape index (κ3) is 1.87. The van der Waals surface area contributed by atoms with Gasteiger partial charge in [0.1, 0.15) is 0 Å². The summed E-state index contributed by atoms with van der Waals surface area (Å²) in [5, 5.41) is 8.49. The van der Waals surface area contributed by atoms with Crippen molar-refractivity contribution in [2.24, 2.45) is 11.3 Å². The second kappa shape index (κ2) is 2.79. The van der Waals surface area contributed by atoms with Crippen molar-refractivity contribution >= 4 is 0 Å². The van der Waals surface area contributed by atoms with Crippen molar-refractivity contribution in [1.82, 2.24) is 4.90 Å². The molecule has 74 valence electrons. The molecule has 0 radical (unpaired) electrons.